The van der Waals surface area contributed by atoms with E-state index in [0.717, 1.165) is 22.4 Å². The average molecular weight is 322 g/mol. The highest BCUT2D eigenvalue weighted by atomic mass is 16.5. The summed E-state index contributed by atoms with van der Waals surface area (Å²) < 4.78 is 6.84. The van der Waals surface area contributed by atoms with Gasteiger partial charge < -0.3 is 10.1 Å². The van der Waals surface area contributed by atoms with Crippen LogP contribution in [0.25, 0.3) is 11.1 Å². The Morgan fingerprint density at radius 1 is 1.21 bits per heavy atom. The second kappa shape index (κ2) is 6.95. The second-order valence-electron chi connectivity index (χ2n) is 5.41. The fourth-order valence-electron chi connectivity index (χ4n) is 2.36. The van der Waals surface area contributed by atoms with Crippen molar-refractivity contribution in [1.82, 2.24) is 14.8 Å². The van der Waals surface area contributed by atoms with Crippen molar-refractivity contribution >= 4 is 11.7 Å². The Kier molecular flexibility index (Phi) is 4.56. The third kappa shape index (κ3) is 3.78. The number of pyridine rings is 1. The molecule has 24 heavy (non-hydrogen) atoms. The maximum Gasteiger partial charge on any atom is 0.229 e. The lowest BCUT2D eigenvalue weighted by molar-refractivity contribution is -0.115. The molecular formula is C18H18N4O2. The zero-order valence-electron chi connectivity index (χ0n) is 13.6. The monoisotopic (exact) mass is 322 g/mol. The Bertz CT molecular complexity index is 840. The van der Waals surface area contributed by atoms with Crippen molar-refractivity contribution in [3.8, 4) is 16.9 Å². The van der Waals surface area contributed by atoms with E-state index in [1.165, 1.54) is 0 Å². The van der Waals surface area contributed by atoms with Crippen LogP contribution in [0.5, 0.6) is 5.75 Å². The molecule has 1 N–H and O–H groups in total. The molecule has 1 aromatic carbocycles. The summed E-state index contributed by atoms with van der Waals surface area (Å²) in [5.41, 5.74) is 2.85. The third-order valence-corrected chi connectivity index (χ3v) is 3.59. The molecule has 1 amide bonds. The minimum absolute atomic E-state index is 0.115. The van der Waals surface area contributed by atoms with Crippen LogP contribution in [0.2, 0.25) is 0 Å². The predicted octanol–water partition coefficient (Wildman–Crippen LogP) is 2.67. The van der Waals surface area contributed by atoms with Crippen LogP contribution in [0.4, 0.5) is 5.82 Å². The summed E-state index contributed by atoms with van der Waals surface area (Å²) >= 11 is 0. The number of anilines is 1. The van der Waals surface area contributed by atoms with E-state index in [1.807, 2.05) is 49.6 Å². The van der Waals surface area contributed by atoms with Crippen LogP contribution in [0.3, 0.4) is 0 Å². The third-order valence-electron chi connectivity index (χ3n) is 3.59. The Balaban J connectivity index is 1.67. The quantitative estimate of drug-likeness (QED) is 0.784. The average Bonchev–Trinajstić information content (AvgIpc) is 3.02. The van der Waals surface area contributed by atoms with Crippen LogP contribution >= 0.6 is 0 Å². The standard InChI is InChI=1S/C18H18N4O2/c1-22-12-15(11-20-22)14-7-8-19-17(10-14)21-18(23)9-13-3-5-16(24-2)6-4-13/h3-8,10-12H,9H2,1-2H3,(H,19,21,23). The maximum atomic E-state index is 12.2. The molecule has 0 atom stereocenters. The number of hydrogen-bond acceptors (Lipinski definition) is 4. The number of ether oxygens (including phenoxy) is 1. The summed E-state index contributed by atoms with van der Waals surface area (Å²) in [4.78, 5) is 16.4. The summed E-state index contributed by atoms with van der Waals surface area (Å²) in [7, 11) is 3.48. The van der Waals surface area contributed by atoms with Gasteiger partial charge in [0.15, 0.2) is 0 Å². The zero-order chi connectivity index (χ0) is 16.9. The van der Waals surface area contributed by atoms with Crippen LogP contribution in [0.1, 0.15) is 5.56 Å². The van der Waals surface area contributed by atoms with Crippen LogP contribution in [-0.2, 0) is 18.3 Å². The van der Waals surface area contributed by atoms with Gasteiger partial charge in [0, 0.05) is 25.0 Å². The fourth-order valence-corrected chi connectivity index (χ4v) is 2.36. The first-order chi connectivity index (χ1) is 11.6. The first kappa shape index (κ1) is 15.7. The van der Waals surface area contributed by atoms with Crippen molar-refractivity contribution in [2.75, 3.05) is 12.4 Å². The molecule has 2 heterocycles. The van der Waals surface area contributed by atoms with E-state index in [1.54, 1.807) is 24.2 Å². The molecule has 0 aliphatic rings. The van der Waals surface area contributed by atoms with E-state index in [9.17, 15) is 4.79 Å². The van der Waals surface area contributed by atoms with E-state index < -0.39 is 0 Å². The molecule has 0 aliphatic carbocycles. The normalized spacial score (nSPS) is 10.4. The molecule has 6 heteroatoms. The van der Waals surface area contributed by atoms with Crippen LogP contribution in [-0.4, -0.2) is 27.8 Å². The van der Waals surface area contributed by atoms with Gasteiger partial charge >= 0.3 is 0 Å². The van der Waals surface area contributed by atoms with Crippen LogP contribution in [0, 0.1) is 0 Å². The van der Waals surface area contributed by atoms with Gasteiger partial charge in [-0.2, -0.15) is 5.10 Å². The second-order valence-corrected chi connectivity index (χ2v) is 5.41. The van der Waals surface area contributed by atoms with Crippen molar-refractivity contribution in [2.45, 2.75) is 6.42 Å². The number of aryl methyl sites for hydroxylation is 1. The van der Waals surface area contributed by atoms with E-state index in [-0.39, 0.29) is 12.3 Å². The number of rotatable bonds is 5. The van der Waals surface area contributed by atoms with Crippen molar-refractivity contribution in [1.29, 1.82) is 0 Å². The highest BCUT2D eigenvalue weighted by molar-refractivity contribution is 5.91. The van der Waals surface area contributed by atoms with Crippen molar-refractivity contribution in [3.63, 3.8) is 0 Å². The molecule has 3 aromatic rings. The van der Waals surface area contributed by atoms with E-state index in [0.29, 0.717) is 5.82 Å². The SMILES string of the molecule is COc1ccc(CC(=O)Nc2cc(-c3cnn(C)c3)ccn2)cc1. The summed E-state index contributed by atoms with van der Waals surface area (Å²) in [6.45, 7) is 0. The lowest BCUT2D eigenvalue weighted by Gasteiger charge is -2.06. The molecule has 0 fully saturated rings. The molecule has 0 radical (unpaired) electrons. The summed E-state index contributed by atoms with van der Waals surface area (Å²) in [6, 6.07) is 11.1. The number of carbonyl (C=O) groups is 1. The van der Waals surface area contributed by atoms with Gasteiger partial charge in [-0.25, -0.2) is 4.98 Å². The van der Waals surface area contributed by atoms with Crippen LogP contribution < -0.4 is 10.1 Å². The number of amides is 1. The minimum Gasteiger partial charge on any atom is -0.497 e. The lowest BCUT2D eigenvalue weighted by Crippen LogP contribution is -2.15. The maximum absolute atomic E-state index is 12.2. The smallest absolute Gasteiger partial charge is 0.229 e. The molecule has 0 saturated carbocycles. The van der Waals surface area contributed by atoms with Crippen LogP contribution in [0.15, 0.2) is 55.0 Å². The molecule has 2 aromatic heterocycles. The number of hydrogen-bond donors (Lipinski definition) is 1. The Morgan fingerprint density at radius 2 is 2.00 bits per heavy atom. The number of benzene rings is 1. The Morgan fingerprint density at radius 3 is 2.67 bits per heavy atom. The molecule has 0 aliphatic heterocycles. The van der Waals surface area contributed by atoms with E-state index in [2.05, 4.69) is 15.4 Å². The molecule has 0 saturated heterocycles. The first-order valence-electron chi connectivity index (χ1n) is 7.52. The number of nitrogens with one attached hydrogen (secondary N) is 1. The molecular weight excluding hydrogens is 304 g/mol. The zero-order valence-corrected chi connectivity index (χ0v) is 13.6. The van der Waals surface area contributed by atoms with Crippen molar-refractivity contribution in [2.24, 2.45) is 7.05 Å². The summed E-state index contributed by atoms with van der Waals surface area (Å²) in [5.74, 6) is 1.18. The molecule has 3 rings (SSSR count). The molecule has 122 valence electrons. The molecule has 0 spiro atoms. The largest absolute Gasteiger partial charge is 0.497 e. The topological polar surface area (TPSA) is 69.0 Å². The fraction of sp³-hybridized carbons (Fsp3) is 0.167. The van der Waals surface area contributed by atoms with Crippen molar-refractivity contribution < 1.29 is 9.53 Å². The van der Waals surface area contributed by atoms with Crippen molar-refractivity contribution in [3.05, 3.63) is 60.6 Å². The molecule has 0 bridgehead atoms. The number of methoxy groups -OCH3 is 1. The predicted molar refractivity (Wildman–Crippen MR) is 91.8 cm³/mol. The van der Waals surface area contributed by atoms with Gasteiger partial charge in [0.1, 0.15) is 11.6 Å². The summed E-state index contributed by atoms with van der Waals surface area (Å²) in [6.07, 6.45) is 5.64. The van der Waals surface area contributed by atoms with Gasteiger partial charge in [0.2, 0.25) is 5.91 Å². The number of aromatic nitrogens is 3. The first-order valence-corrected chi connectivity index (χ1v) is 7.52. The van der Waals surface area contributed by atoms with Gasteiger partial charge in [-0.15, -0.1) is 0 Å². The van der Waals surface area contributed by atoms with E-state index >= 15 is 0 Å². The molecule has 6 nitrogen and oxygen atoms in total. The van der Waals surface area contributed by atoms with Gasteiger partial charge in [-0.1, -0.05) is 12.1 Å². The van der Waals surface area contributed by atoms with Gasteiger partial charge in [0.25, 0.3) is 0 Å². The number of nitrogens with zero attached hydrogens (tertiary/aromatic N) is 3. The highest BCUT2D eigenvalue weighted by Crippen LogP contribution is 2.20. The van der Waals surface area contributed by atoms with Gasteiger partial charge in [0.05, 0.1) is 19.7 Å². The number of carbonyl (C=O) groups excluding carboxylic acids is 1. The Hall–Kier alpha value is -3.15. The lowest BCUT2D eigenvalue weighted by atomic mass is 10.1. The minimum atomic E-state index is -0.115. The highest BCUT2D eigenvalue weighted by Gasteiger charge is 2.07. The Labute approximate surface area is 140 Å². The summed E-state index contributed by atoms with van der Waals surface area (Å²) in [5, 5.41) is 6.98. The molecule has 0 unspecified atom stereocenters. The van der Waals surface area contributed by atoms with Gasteiger partial charge in [-0.3, -0.25) is 9.48 Å². The van der Waals surface area contributed by atoms with E-state index in [4.69, 9.17) is 4.74 Å². The van der Waals surface area contributed by atoms with Gasteiger partial charge in [-0.05, 0) is 35.4 Å².